The van der Waals surface area contributed by atoms with Gasteiger partial charge < -0.3 is 84.5 Å². The Morgan fingerprint density at radius 3 is 1.75 bits per heavy atom. The number of benzene rings is 2. The number of carboxylic acids is 1. The zero-order valence-electron chi connectivity index (χ0n) is 50.6. The number of primary amides is 1. The summed E-state index contributed by atoms with van der Waals surface area (Å²) in [6.45, 7) is 11.8. The van der Waals surface area contributed by atoms with Gasteiger partial charge in [0.05, 0.1) is 18.6 Å². The summed E-state index contributed by atoms with van der Waals surface area (Å²) in [5.74, 6) is -10.7. The van der Waals surface area contributed by atoms with Crippen LogP contribution in [0.5, 0.6) is 5.75 Å². The first-order valence-corrected chi connectivity index (χ1v) is 29.8. The van der Waals surface area contributed by atoms with E-state index in [9.17, 15) is 68.1 Å². The number of hydrogen-bond donors (Lipinski definition) is 14. The molecule has 2 aliphatic rings. The number of H-pyrrole nitrogens is 1. The quantitative estimate of drug-likeness (QED) is 0.0340. The third-order valence-electron chi connectivity index (χ3n) is 15.7. The molecule has 27 nitrogen and oxygen atoms in total. The number of aromatic hydroxyl groups is 1. The van der Waals surface area contributed by atoms with Gasteiger partial charge in [0, 0.05) is 43.0 Å². The van der Waals surface area contributed by atoms with Crippen molar-refractivity contribution in [3.63, 3.8) is 0 Å². The van der Waals surface area contributed by atoms with Crippen LogP contribution in [0.4, 0.5) is 0 Å². The molecule has 1 aromatic heterocycles. The number of aromatic amines is 1. The number of phenols is 1. The van der Waals surface area contributed by atoms with Crippen molar-refractivity contribution in [1.29, 1.82) is 0 Å². The fraction of sp³-hybridized carbons (Fsp3) is 0.583. The van der Waals surface area contributed by atoms with Crippen molar-refractivity contribution in [1.82, 2.24) is 52.0 Å². The molecule has 2 aliphatic heterocycles. The molecule has 17 N–H and O–H groups in total. The van der Waals surface area contributed by atoms with E-state index in [0.717, 1.165) is 15.8 Å². The third kappa shape index (κ3) is 19.7. The highest BCUT2D eigenvalue weighted by molar-refractivity contribution is 6.00. The first-order chi connectivity index (χ1) is 41.1. The van der Waals surface area contributed by atoms with Crippen LogP contribution in [0.25, 0.3) is 10.9 Å². The minimum atomic E-state index is -1.67. The number of carbonyl (C=O) groups is 11. The Balaban J connectivity index is 1.41. The van der Waals surface area contributed by atoms with Crippen LogP contribution in [-0.2, 0) is 65.6 Å². The van der Waals surface area contributed by atoms with Crippen LogP contribution in [0.2, 0.25) is 0 Å². The fourth-order valence-electron chi connectivity index (χ4n) is 10.7. The Bertz CT molecular complexity index is 2910. The lowest BCUT2D eigenvalue weighted by Gasteiger charge is -2.31. The highest BCUT2D eigenvalue weighted by Gasteiger charge is 2.43. The number of nitrogens with zero attached hydrogens (tertiary/aromatic N) is 2. The Morgan fingerprint density at radius 2 is 1.16 bits per heavy atom. The number of carbonyl (C=O) groups excluding carboxylic acids is 10. The zero-order chi connectivity index (χ0) is 64.4. The molecule has 87 heavy (non-hydrogen) atoms. The molecule has 2 fully saturated rings. The summed E-state index contributed by atoms with van der Waals surface area (Å²) >= 11 is 0. The van der Waals surface area contributed by atoms with Gasteiger partial charge in [-0.3, -0.25) is 47.9 Å². The number of amides is 10. The minimum Gasteiger partial charge on any atom is -0.508 e. The van der Waals surface area contributed by atoms with Gasteiger partial charge in [0.25, 0.3) is 0 Å². The van der Waals surface area contributed by atoms with E-state index in [-0.39, 0.29) is 82.2 Å². The van der Waals surface area contributed by atoms with Gasteiger partial charge in [-0.15, -0.1) is 0 Å². The summed E-state index contributed by atoms with van der Waals surface area (Å²) in [7, 11) is 0. The zero-order valence-corrected chi connectivity index (χ0v) is 50.6. The van der Waals surface area contributed by atoms with Gasteiger partial charge in [0.2, 0.25) is 59.1 Å². The number of likely N-dealkylation sites (tertiary alicyclic amines) is 2. The van der Waals surface area contributed by atoms with Crippen LogP contribution in [0.3, 0.4) is 0 Å². The first-order valence-electron chi connectivity index (χ1n) is 29.8. The van der Waals surface area contributed by atoms with E-state index in [4.69, 9.17) is 17.2 Å². The average molecular weight is 1220 g/mol. The van der Waals surface area contributed by atoms with Gasteiger partial charge in [-0.25, -0.2) is 4.79 Å². The second-order valence-electron chi connectivity index (χ2n) is 23.8. The number of aliphatic hydroxyl groups is 1. The standard InChI is InChI=1S/C60H89N13O14/c1-31(2)26-43(58(84)73-25-13-18-46(73)60(86)87)68-53(79)42(28-36-30-64-39-15-9-8-14-38(36)39)66-51(77)40(16-10-11-23-61)65-52(78)41(27-35-19-21-37(75)22-20-35)67-54(80)45-17-12-24-72(45)59(85)44(29-47(62)76)69-56(82)49(33(5)6)70-57(83)50(34(7)74)71-55(81)48(63)32(3)4/h8-9,14-15,19-22,30-34,40-46,48-50,64,74-75H,10-13,16-18,23-29,61,63H2,1-7H3,(H2,62,76)(H,65,78)(H,66,77)(H,67,80)(H,68,79)(H,69,82)(H,70,83)(H,71,81)(H,86,87)/t34-,40+,41+,42+,43+,44+,45+,46+,48+,49+,50+/m1/s1. The van der Waals surface area contributed by atoms with Crippen molar-refractivity contribution < 1.29 is 68.1 Å². The summed E-state index contributed by atoms with van der Waals surface area (Å²) in [6, 6.07) is -0.278. The summed E-state index contributed by atoms with van der Waals surface area (Å²) in [4.78, 5) is 158. The van der Waals surface area contributed by atoms with E-state index in [2.05, 4.69) is 42.2 Å². The van der Waals surface area contributed by atoms with Crippen LogP contribution >= 0.6 is 0 Å². The van der Waals surface area contributed by atoms with Gasteiger partial charge in [0.15, 0.2) is 0 Å². The highest BCUT2D eigenvalue weighted by atomic mass is 16.4. The number of carboxylic acid groups (broad SMARTS) is 1. The second-order valence-corrected chi connectivity index (χ2v) is 23.8. The summed E-state index contributed by atoms with van der Waals surface area (Å²) in [5.41, 5.74) is 19.3. The lowest BCUT2D eigenvalue weighted by atomic mass is 9.99. The Morgan fingerprint density at radius 1 is 0.621 bits per heavy atom. The maximum Gasteiger partial charge on any atom is 0.326 e. The minimum absolute atomic E-state index is 0.000000161. The molecule has 5 rings (SSSR count). The van der Waals surface area contributed by atoms with Crippen molar-refractivity contribution >= 4 is 75.9 Å². The van der Waals surface area contributed by atoms with Crippen molar-refractivity contribution in [3.8, 4) is 5.75 Å². The van der Waals surface area contributed by atoms with Crippen LogP contribution in [0, 0.1) is 17.8 Å². The number of nitrogens with one attached hydrogen (secondary N) is 8. The molecule has 0 aliphatic carbocycles. The van der Waals surface area contributed by atoms with E-state index in [1.165, 1.54) is 36.1 Å². The van der Waals surface area contributed by atoms with Crippen LogP contribution in [-0.4, -0.2) is 181 Å². The topological polar surface area (TPSA) is 433 Å². The summed E-state index contributed by atoms with van der Waals surface area (Å²) in [6.07, 6.45) is 1.13. The number of phenolic OH excluding ortho intramolecular Hbond substituents is 1. The van der Waals surface area contributed by atoms with Gasteiger partial charge in [-0.05, 0) is 112 Å². The molecule has 10 amide bonds. The van der Waals surface area contributed by atoms with E-state index in [1.807, 2.05) is 32.0 Å². The smallest absolute Gasteiger partial charge is 0.326 e. The van der Waals surface area contributed by atoms with E-state index in [1.54, 1.807) is 40.0 Å². The van der Waals surface area contributed by atoms with Crippen LogP contribution < -0.4 is 54.4 Å². The largest absolute Gasteiger partial charge is 0.508 e. The molecule has 478 valence electrons. The van der Waals surface area contributed by atoms with Crippen LogP contribution in [0.15, 0.2) is 54.7 Å². The highest BCUT2D eigenvalue weighted by Crippen LogP contribution is 2.24. The molecule has 27 heteroatoms. The number of aromatic nitrogens is 1. The number of aliphatic hydroxyl groups excluding tert-OH is 1. The Kier molecular flexibility index (Phi) is 26.0. The van der Waals surface area contributed by atoms with Crippen molar-refractivity contribution in [2.24, 2.45) is 35.0 Å². The number of para-hydroxylation sites is 1. The van der Waals surface area contributed by atoms with Crippen molar-refractivity contribution in [2.45, 2.75) is 186 Å². The predicted octanol–water partition coefficient (Wildman–Crippen LogP) is -0.811. The molecular formula is C60H89N13O14. The lowest BCUT2D eigenvalue weighted by Crippen LogP contribution is -2.62. The Hall–Kier alpha value is -8.17. The molecule has 0 radical (unpaired) electrons. The molecule has 0 bridgehead atoms. The maximum atomic E-state index is 14.8. The molecule has 0 spiro atoms. The first kappa shape index (κ1) is 69.6. The number of hydrogen-bond acceptors (Lipinski definition) is 15. The molecule has 3 aromatic rings. The molecule has 2 saturated heterocycles. The monoisotopic (exact) mass is 1220 g/mol. The van der Waals surface area contributed by atoms with Crippen LogP contribution in [0.1, 0.15) is 117 Å². The van der Waals surface area contributed by atoms with Gasteiger partial charge in [-0.1, -0.05) is 71.9 Å². The molecule has 2 aromatic carbocycles. The molecule has 11 atom stereocenters. The van der Waals surface area contributed by atoms with E-state index >= 15 is 0 Å². The van der Waals surface area contributed by atoms with E-state index < -0.39 is 144 Å². The molecular weight excluding hydrogens is 1130 g/mol. The lowest BCUT2D eigenvalue weighted by molar-refractivity contribution is -0.149. The summed E-state index contributed by atoms with van der Waals surface area (Å²) in [5, 5.41) is 49.9. The average Bonchev–Trinajstić information content (AvgIpc) is 2.21. The Labute approximate surface area is 506 Å². The number of unbranched alkanes of at least 4 members (excludes halogenated alkanes) is 1. The maximum absolute atomic E-state index is 14.8. The molecule has 0 unspecified atom stereocenters. The normalized spacial score (nSPS) is 18.1. The third-order valence-corrected chi connectivity index (χ3v) is 15.7. The van der Waals surface area contributed by atoms with Gasteiger partial charge in [0.1, 0.15) is 60.1 Å². The van der Waals surface area contributed by atoms with E-state index in [0.29, 0.717) is 30.4 Å². The number of fused-ring (bicyclic) bond motifs is 1. The second kappa shape index (κ2) is 32.5. The number of rotatable bonds is 32. The SMILES string of the molecule is CC(C)C[C@H](NC(=O)[C@H](Cc1c[nH]c2ccccc12)NC(=O)[C@H](CCCCN)NC(=O)[C@H](Cc1ccc(O)cc1)NC(=O)[C@@H]1CCCN1C(=O)[C@H](CC(N)=O)NC(=O)[C@@H](NC(=O)[C@@H](NC(=O)[C@@H](N)C(C)C)[C@@H](C)O)C(C)C)C(=O)N1CCC[C@H]1C(=O)O. The van der Waals surface area contributed by atoms with Gasteiger partial charge >= 0.3 is 5.97 Å². The fourth-order valence-corrected chi connectivity index (χ4v) is 10.7. The number of nitrogens with two attached hydrogens (primary N) is 3. The number of aliphatic carboxylic acids is 1. The van der Waals surface area contributed by atoms with Gasteiger partial charge in [-0.2, -0.15) is 0 Å². The molecule has 3 heterocycles. The molecule has 0 saturated carbocycles. The predicted molar refractivity (Wildman–Crippen MR) is 320 cm³/mol. The van der Waals surface area contributed by atoms with Crippen molar-refractivity contribution in [2.75, 3.05) is 19.6 Å². The summed E-state index contributed by atoms with van der Waals surface area (Å²) < 4.78 is 0. The van der Waals surface area contributed by atoms with Crippen molar-refractivity contribution in [3.05, 3.63) is 65.9 Å².